The van der Waals surface area contributed by atoms with Crippen molar-refractivity contribution in [2.75, 3.05) is 25.6 Å². The summed E-state index contributed by atoms with van der Waals surface area (Å²) in [5.41, 5.74) is 4.94. The molecule has 9 heteroatoms. The molecule has 2 fully saturated rings. The van der Waals surface area contributed by atoms with Crippen molar-refractivity contribution >= 4 is 17.2 Å². The van der Waals surface area contributed by atoms with Gasteiger partial charge < -0.3 is 14.8 Å². The number of morpholine rings is 1. The average Bonchev–Trinajstić information content (AvgIpc) is 3.22. The van der Waals surface area contributed by atoms with Crippen LogP contribution >= 0.6 is 0 Å². The Bertz CT molecular complexity index is 1360. The topological polar surface area (TPSA) is 89.7 Å². The molecule has 1 N–H and O–H groups in total. The van der Waals surface area contributed by atoms with Gasteiger partial charge in [0.05, 0.1) is 24.9 Å². The molecule has 35 heavy (non-hydrogen) atoms. The number of rotatable bonds is 5. The summed E-state index contributed by atoms with van der Waals surface area (Å²) in [6, 6.07) is 11.0. The predicted octanol–water partition coefficient (Wildman–Crippen LogP) is 3.79. The Balaban J connectivity index is 1.28. The molecule has 9 nitrogen and oxygen atoms in total. The van der Waals surface area contributed by atoms with Crippen LogP contribution in [0.2, 0.25) is 0 Å². The highest BCUT2D eigenvalue weighted by Gasteiger charge is 2.38. The first kappa shape index (κ1) is 21.9. The van der Waals surface area contributed by atoms with Crippen LogP contribution in [-0.2, 0) is 4.74 Å². The molecule has 0 amide bonds. The third kappa shape index (κ3) is 4.44. The third-order valence-electron chi connectivity index (χ3n) is 6.97. The summed E-state index contributed by atoms with van der Waals surface area (Å²) >= 11 is 0. The van der Waals surface area contributed by atoms with E-state index in [-0.39, 0.29) is 6.10 Å². The molecule has 0 spiro atoms. The van der Waals surface area contributed by atoms with Crippen molar-refractivity contribution < 1.29 is 9.47 Å². The van der Waals surface area contributed by atoms with Gasteiger partial charge in [-0.2, -0.15) is 5.10 Å². The van der Waals surface area contributed by atoms with Gasteiger partial charge in [-0.25, -0.2) is 14.5 Å². The number of hydrogen-bond acceptors (Lipinski definition) is 8. The minimum Gasteiger partial charge on any atom is -0.488 e. The molecule has 2 aliphatic rings. The summed E-state index contributed by atoms with van der Waals surface area (Å²) < 4.78 is 14.2. The fourth-order valence-electron chi connectivity index (χ4n) is 5.06. The van der Waals surface area contributed by atoms with E-state index in [1.165, 1.54) is 0 Å². The molecule has 2 saturated heterocycles. The second-order valence-electron chi connectivity index (χ2n) is 9.53. The SMILES string of the molecule is Cc1cc(Nc2cc3cc(-c4cc(C)ncc4OC4C[C@H]5COC[C@@H](C4)N5C)ccn3n2)ncn1. The lowest BCUT2D eigenvalue weighted by Crippen LogP contribution is -2.57. The van der Waals surface area contributed by atoms with Crippen molar-refractivity contribution in [3.8, 4) is 16.9 Å². The number of piperidine rings is 1. The minimum atomic E-state index is 0.152. The Morgan fingerprint density at radius 2 is 1.77 bits per heavy atom. The number of aryl methyl sites for hydroxylation is 2. The molecule has 180 valence electrons. The van der Waals surface area contributed by atoms with Gasteiger partial charge in [0, 0.05) is 60.2 Å². The maximum atomic E-state index is 6.59. The van der Waals surface area contributed by atoms with Gasteiger partial charge in [0.1, 0.15) is 24.0 Å². The monoisotopic (exact) mass is 471 g/mol. The quantitative estimate of drug-likeness (QED) is 0.470. The highest BCUT2D eigenvalue weighted by molar-refractivity contribution is 5.75. The number of nitrogens with zero attached hydrogens (tertiary/aromatic N) is 6. The number of nitrogens with one attached hydrogen (secondary N) is 1. The number of likely N-dealkylation sites (N-methyl/N-ethyl adjacent to an activating group) is 1. The normalized spacial score (nSPS) is 22.3. The Kier molecular flexibility index (Phi) is 5.58. The van der Waals surface area contributed by atoms with Gasteiger partial charge in [0.15, 0.2) is 5.82 Å². The van der Waals surface area contributed by atoms with Gasteiger partial charge in [-0.1, -0.05) is 0 Å². The molecule has 4 aromatic heterocycles. The predicted molar refractivity (Wildman–Crippen MR) is 133 cm³/mol. The highest BCUT2D eigenvalue weighted by atomic mass is 16.5. The second-order valence-corrected chi connectivity index (χ2v) is 9.53. The Morgan fingerprint density at radius 3 is 2.57 bits per heavy atom. The Labute approximate surface area is 204 Å². The summed E-state index contributed by atoms with van der Waals surface area (Å²) in [4.78, 5) is 15.4. The van der Waals surface area contributed by atoms with Crippen LogP contribution in [0.3, 0.4) is 0 Å². The van der Waals surface area contributed by atoms with Crippen molar-refractivity contribution in [3.05, 3.63) is 60.4 Å². The van der Waals surface area contributed by atoms with Crippen molar-refractivity contribution in [2.45, 2.75) is 44.9 Å². The van der Waals surface area contributed by atoms with Crippen LogP contribution in [0.1, 0.15) is 24.2 Å². The van der Waals surface area contributed by atoms with Gasteiger partial charge in [0.2, 0.25) is 0 Å². The number of ether oxygens (including phenoxy) is 2. The van der Waals surface area contributed by atoms with E-state index in [0.29, 0.717) is 12.1 Å². The molecule has 2 bridgehead atoms. The van der Waals surface area contributed by atoms with E-state index < -0.39 is 0 Å². The van der Waals surface area contributed by atoms with Crippen molar-refractivity contribution in [1.82, 2.24) is 29.5 Å². The number of aromatic nitrogens is 5. The standard InChI is InChI=1S/C26H29N7O2/c1-16-6-23(24(12-27-16)35-22-9-20-13-34-14-21(10-22)32(20)3)18-4-5-33-19(8-18)11-26(31-33)30-25-7-17(2)28-15-29-25/h4-8,11-12,15,20-22H,9-10,13-14H2,1-3H3,(H,28,29,30,31)/t20-,21+,22?. The summed E-state index contributed by atoms with van der Waals surface area (Å²) in [6.07, 6.45) is 7.44. The molecule has 6 heterocycles. The van der Waals surface area contributed by atoms with E-state index in [1.54, 1.807) is 6.33 Å². The lowest BCUT2D eigenvalue weighted by molar-refractivity contribution is -0.0879. The van der Waals surface area contributed by atoms with E-state index in [1.807, 2.05) is 42.9 Å². The first-order valence-corrected chi connectivity index (χ1v) is 12.0. The van der Waals surface area contributed by atoms with Gasteiger partial charge in [0.25, 0.3) is 0 Å². The molecule has 4 aromatic rings. The molecule has 0 saturated carbocycles. The molecule has 3 atom stereocenters. The summed E-state index contributed by atoms with van der Waals surface area (Å²) in [5, 5.41) is 7.89. The van der Waals surface area contributed by atoms with Gasteiger partial charge in [-0.3, -0.25) is 9.88 Å². The first-order chi connectivity index (χ1) is 17.0. The van der Waals surface area contributed by atoms with E-state index >= 15 is 0 Å². The lowest BCUT2D eigenvalue weighted by Gasteiger charge is -2.46. The van der Waals surface area contributed by atoms with Crippen LogP contribution in [0.15, 0.2) is 49.1 Å². The fraction of sp³-hybridized carbons (Fsp3) is 0.385. The number of pyridine rings is 2. The molecule has 1 unspecified atom stereocenters. The van der Waals surface area contributed by atoms with E-state index in [9.17, 15) is 0 Å². The Hall–Kier alpha value is -3.56. The zero-order chi connectivity index (χ0) is 23.9. The largest absolute Gasteiger partial charge is 0.488 e. The summed E-state index contributed by atoms with van der Waals surface area (Å²) in [6.45, 7) is 5.49. The van der Waals surface area contributed by atoms with Gasteiger partial charge in [-0.15, -0.1) is 0 Å². The maximum Gasteiger partial charge on any atom is 0.154 e. The summed E-state index contributed by atoms with van der Waals surface area (Å²) in [5.74, 6) is 2.26. The summed E-state index contributed by atoms with van der Waals surface area (Å²) in [7, 11) is 2.20. The zero-order valence-electron chi connectivity index (χ0n) is 20.2. The van der Waals surface area contributed by atoms with Gasteiger partial charge in [-0.05, 0) is 44.7 Å². The number of anilines is 2. The molecule has 0 aromatic carbocycles. The van der Waals surface area contributed by atoms with Crippen LogP contribution < -0.4 is 10.1 Å². The van der Waals surface area contributed by atoms with E-state index in [4.69, 9.17) is 9.47 Å². The molecular formula is C26H29N7O2. The fourth-order valence-corrected chi connectivity index (χ4v) is 5.06. The van der Waals surface area contributed by atoms with Crippen molar-refractivity contribution in [1.29, 1.82) is 0 Å². The number of hydrogen-bond donors (Lipinski definition) is 1. The first-order valence-electron chi connectivity index (χ1n) is 12.0. The molecule has 0 aliphatic carbocycles. The lowest BCUT2D eigenvalue weighted by atomic mass is 9.92. The second kappa shape index (κ2) is 8.90. The molecule has 2 aliphatic heterocycles. The van der Waals surface area contributed by atoms with Gasteiger partial charge >= 0.3 is 0 Å². The smallest absolute Gasteiger partial charge is 0.154 e. The number of fused-ring (bicyclic) bond motifs is 3. The van der Waals surface area contributed by atoms with Crippen LogP contribution in [0.5, 0.6) is 5.75 Å². The Morgan fingerprint density at radius 1 is 0.971 bits per heavy atom. The minimum absolute atomic E-state index is 0.152. The average molecular weight is 472 g/mol. The van der Waals surface area contributed by atoms with Crippen molar-refractivity contribution in [2.24, 2.45) is 0 Å². The van der Waals surface area contributed by atoms with Crippen molar-refractivity contribution in [3.63, 3.8) is 0 Å². The van der Waals surface area contributed by atoms with Crippen LogP contribution in [0.4, 0.5) is 11.6 Å². The molecule has 6 rings (SSSR count). The van der Waals surface area contributed by atoms with E-state index in [2.05, 4.69) is 55.5 Å². The zero-order valence-corrected chi connectivity index (χ0v) is 20.2. The maximum absolute atomic E-state index is 6.59. The van der Waals surface area contributed by atoms with Crippen LogP contribution in [0, 0.1) is 13.8 Å². The molecule has 0 radical (unpaired) electrons. The third-order valence-corrected chi connectivity index (χ3v) is 6.97. The van der Waals surface area contributed by atoms with Crippen LogP contribution in [-0.4, -0.2) is 67.9 Å². The molecular weight excluding hydrogens is 442 g/mol. The van der Waals surface area contributed by atoms with Crippen LogP contribution in [0.25, 0.3) is 16.6 Å². The highest BCUT2D eigenvalue weighted by Crippen LogP contribution is 2.35. The van der Waals surface area contributed by atoms with E-state index in [0.717, 1.165) is 71.5 Å².